The van der Waals surface area contributed by atoms with Gasteiger partial charge in [-0.2, -0.15) is 4.31 Å². The van der Waals surface area contributed by atoms with Crippen LogP contribution in [0.25, 0.3) is 0 Å². The van der Waals surface area contributed by atoms with Crippen molar-refractivity contribution in [2.45, 2.75) is 31.0 Å². The van der Waals surface area contributed by atoms with Crippen LogP contribution in [-0.4, -0.2) is 42.0 Å². The number of amides is 1. The summed E-state index contributed by atoms with van der Waals surface area (Å²) in [5.41, 5.74) is 1.73. The van der Waals surface area contributed by atoms with Crippen LogP contribution in [0.1, 0.15) is 24.2 Å². The van der Waals surface area contributed by atoms with Gasteiger partial charge in [0.05, 0.1) is 4.90 Å². The molecular formula is C19H21ClN2O3S. The minimum absolute atomic E-state index is 0.188. The number of benzene rings is 2. The highest BCUT2D eigenvalue weighted by Gasteiger charge is 2.46. The molecule has 1 aliphatic heterocycles. The molecule has 1 heterocycles. The van der Waals surface area contributed by atoms with Crippen LogP contribution in [-0.2, 0) is 14.8 Å². The zero-order chi connectivity index (χ0) is 18.9. The van der Waals surface area contributed by atoms with E-state index in [1.807, 2.05) is 44.2 Å². The molecule has 0 aromatic heterocycles. The Labute approximate surface area is 159 Å². The summed E-state index contributed by atoms with van der Waals surface area (Å²) in [6.45, 7) is 3.96. The lowest BCUT2D eigenvalue weighted by molar-refractivity contribution is -0.131. The van der Waals surface area contributed by atoms with Crippen LogP contribution < -0.4 is 0 Å². The molecule has 0 radical (unpaired) electrons. The molecule has 0 bridgehead atoms. The third-order valence-corrected chi connectivity index (χ3v) is 6.65. The van der Waals surface area contributed by atoms with Crippen molar-refractivity contribution in [1.29, 1.82) is 0 Å². The van der Waals surface area contributed by atoms with Crippen molar-refractivity contribution in [1.82, 2.24) is 9.21 Å². The summed E-state index contributed by atoms with van der Waals surface area (Å²) in [7, 11) is -3.76. The molecule has 0 N–H and O–H groups in total. The number of carbonyl (C=O) groups excluding carboxylic acids is 1. The van der Waals surface area contributed by atoms with E-state index in [4.69, 9.17) is 11.6 Å². The zero-order valence-electron chi connectivity index (χ0n) is 14.7. The molecule has 2 atom stereocenters. The maximum atomic E-state index is 13.3. The molecule has 0 spiro atoms. The molecule has 0 saturated carbocycles. The number of rotatable bonds is 4. The van der Waals surface area contributed by atoms with Crippen LogP contribution in [0.4, 0.5) is 0 Å². The van der Waals surface area contributed by atoms with Gasteiger partial charge in [-0.25, -0.2) is 8.42 Å². The third-order valence-electron chi connectivity index (χ3n) is 4.58. The van der Waals surface area contributed by atoms with E-state index in [1.54, 1.807) is 29.2 Å². The van der Waals surface area contributed by atoms with Gasteiger partial charge in [0.15, 0.2) is 0 Å². The lowest BCUT2D eigenvalue weighted by atomic mass is 10.1. The number of alkyl halides is 1. The molecule has 0 unspecified atom stereocenters. The van der Waals surface area contributed by atoms with E-state index in [0.29, 0.717) is 0 Å². The third kappa shape index (κ3) is 3.37. The van der Waals surface area contributed by atoms with Crippen LogP contribution in [0, 0.1) is 6.92 Å². The summed E-state index contributed by atoms with van der Waals surface area (Å²) in [5, 5.41) is 0. The quantitative estimate of drug-likeness (QED) is 0.751. The molecule has 138 valence electrons. The van der Waals surface area contributed by atoms with Crippen molar-refractivity contribution in [2.24, 2.45) is 0 Å². The number of halogens is 1. The molecule has 1 aliphatic rings. The second-order valence-electron chi connectivity index (χ2n) is 6.46. The fraction of sp³-hybridized carbons (Fsp3) is 0.316. The lowest BCUT2D eigenvalue weighted by Gasteiger charge is -2.31. The number of carbonyl (C=O) groups is 1. The number of nitrogens with zero attached hydrogens (tertiary/aromatic N) is 2. The van der Waals surface area contributed by atoms with Crippen LogP contribution in [0.2, 0.25) is 0 Å². The van der Waals surface area contributed by atoms with E-state index in [1.165, 1.54) is 4.31 Å². The SMILES string of the molecule is Cc1ccc(S(=O)(=O)N2C[C@H](C)N(C(=O)CCl)[C@@H]2c2ccccc2)cc1. The van der Waals surface area contributed by atoms with E-state index in [-0.39, 0.29) is 29.3 Å². The molecule has 1 fully saturated rings. The van der Waals surface area contributed by atoms with Crippen LogP contribution in [0.3, 0.4) is 0 Å². The molecule has 0 aliphatic carbocycles. The van der Waals surface area contributed by atoms with Crippen LogP contribution in [0.5, 0.6) is 0 Å². The van der Waals surface area contributed by atoms with Crippen molar-refractivity contribution in [3.8, 4) is 0 Å². The van der Waals surface area contributed by atoms with Gasteiger partial charge in [0, 0.05) is 12.6 Å². The van der Waals surface area contributed by atoms with Gasteiger partial charge >= 0.3 is 0 Å². The Kier molecular flexibility index (Phi) is 5.37. The summed E-state index contributed by atoms with van der Waals surface area (Å²) in [6.07, 6.45) is -0.705. The van der Waals surface area contributed by atoms with Gasteiger partial charge < -0.3 is 4.90 Å². The fourth-order valence-electron chi connectivity index (χ4n) is 3.31. The Hall–Kier alpha value is -1.89. The van der Waals surface area contributed by atoms with Gasteiger partial charge in [-0.3, -0.25) is 4.79 Å². The average Bonchev–Trinajstić information content (AvgIpc) is 3.00. The molecule has 1 amide bonds. The smallest absolute Gasteiger partial charge is 0.245 e. The molecule has 26 heavy (non-hydrogen) atoms. The lowest BCUT2D eigenvalue weighted by Crippen LogP contribution is -2.40. The van der Waals surface area contributed by atoms with Crippen molar-refractivity contribution in [3.05, 3.63) is 65.7 Å². The Morgan fingerprint density at radius 2 is 1.73 bits per heavy atom. The first-order valence-electron chi connectivity index (χ1n) is 8.37. The monoisotopic (exact) mass is 392 g/mol. The molecule has 3 rings (SSSR count). The van der Waals surface area contributed by atoms with Crippen LogP contribution >= 0.6 is 11.6 Å². The highest BCUT2D eigenvalue weighted by Crippen LogP contribution is 2.38. The summed E-state index contributed by atoms with van der Waals surface area (Å²) in [5.74, 6) is -0.471. The molecule has 7 heteroatoms. The summed E-state index contributed by atoms with van der Waals surface area (Å²) in [4.78, 5) is 14.2. The largest absolute Gasteiger partial charge is 0.317 e. The number of sulfonamides is 1. The van der Waals surface area contributed by atoms with E-state index in [0.717, 1.165) is 11.1 Å². The minimum atomic E-state index is -3.76. The second kappa shape index (κ2) is 7.39. The predicted molar refractivity (Wildman–Crippen MR) is 101 cm³/mol. The van der Waals surface area contributed by atoms with Gasteiger partial charge in [-0.05, 0) is 31.5 Å². The van der Waals surface area contributed by atoms with Gasteiger partial charge in [0.25, 0.3) is 0 Å². The van der Waals surface area contributed by atoms with Gasteiger partial charge in [0.2, 0.25) is 15.9 Å². The van der Waals surface area contributed by atoms with Crippen molar-refractivity contribution < 1.29 is 13.2 Å². The first-order chi connectivity index (χ1) is 12.4. The van der Waals surface area contributed by atoms with Crippen LogP contribution in [0.15, 0.2) is 59.5 Å². The summed E-state index contributed by atoms with van der Waals surface area (Å²) in [6, 6.07) is 15.6. The van der Waals surface area contributed by atoms with Gasteiger partial charge in [0.1, 0.15) is 12.0 Å². The first-order valence-corrected chi connectivity index (χ1v) is 10.3. The zero-order valence-corrected chi connectivity index (χ0v) is 16.2. The number of aryl methyl sites for hydroxylation is 1. The Bertz CT molecular complexity index is 885. The molecule has 2 aromatic rings. The Balaban J connectivity index is 2.09. The molecular weight excluding hydrogens is 372 g/mol. The number of hydrogen-bond acceptors (Lipinski definition) is 3. The molecule has 5 nitrogen and oxygen atoms in total. The highest BCUT2D eigenvalue weighted by atomic mass is 35.5. The standard InChI is InChI=1S/C19H21ClN2O3S/c1-14-8-10-17(11-9-14)26(24,25)21-13-15(2)22(18(23)12-20)19(21)16-6-4-3-5-7-16/h3-11,15,19H,12-13H2,1-2H3/t15-,19+/m0/s1. The predicted octanol–water partition coefficient (Wildman–Crippen LogP) is 3.15. The normalized spacial score (nSPS) is 21.1. The van der Waals surface area contributed by atoms with Gasteiger partial charge in [-0.1, -0.05) is 48.0 Å². The Morgan fingerprint density at radius 3 is 2.31 bits per heavy atom. The van der Waals surface area contributed by atoms with Gasteiger partial charge in [-0.15, -0.1) is 11.6 Å². The van der Waals surface area contributed by atoms with Crippen molar-refractivity contribution >= 4 is 27.5 Å². The maximum Gasteiger partial charge on any atom is 0.245 e. The number of hydrogen-bond donors (Lipinski definition) is 0. The topological polar surface area (TPSA) is 57.7 Å². The first kappa shape index (κ1) is 18.9. The molecule has 1 saturated heterocycles. The second-order valence-corrected chi connectivity index (χ2v) is 8.61. The average molecular weight is 393 g/mol. The fourth-order valence-corrected chi connectivity index (χ4v) is 5.09. The van der Waals surface area contributed by atoms with E-state index < -0.39 is 16.2 Å². The van der Waals surface area contributed by atoms with Crippen molar-refractivity contribution in [2.75, 3.05) is 12.4 Å². The van der Waals surface area contributed by atoms with E-state index in [2.05, 4.69) is 0 Å². The Morgan fingerprint density at radius 1 is 1.12 bits per heavy atom. The van der Waals surface area contributed by atoms with E-state index in [9.17, 15) is 13.2 Å². The highest BCUT2D eigenvalue weighted by molar-refractivity contribution is 7.89. The summed E-state index contributed by atoms with van der Waals surface area (Å²) >= 11 is 5.79. The van der Waals surface area contributed by atoms with Crippen molar-refractivity contribution in [3.63, 3.8) is 0 Å². The molecule has 2 aromatic carbocycles. The maximum absolute atomic E-state index is 13.3. The minimum Gasteiger partial charge on any atom is -0.317 e. The summed E-state index contributed by atoms with van der Waals surface area (Å²) < 4.78 is 28.0. The van der Waals surface area contributed by atoms with E-state index >= 15 is 0 Å².